The Bertz CT molecular complexity index is 516. The summed E-state index contributed by atoms with van der Waals surface area (Å²) in [6.07, 6.45) is -0.762. The fraction of sp³-hybridized carbons (Fsp3) is 0.944. The number of carboxylic acids is 1. The molecule has 1 saturated carbocycles. The molecule has 0 saturated heterocycles. The van der Waals surface area contributed by atoms with E-state index in [9.17, 15) is 13.6 Å². The van der Waals surface area contributed by atoms with Gasteiger partial charge in [0.25, 0.3) is 5.92 Å². The molecule has 0 aromatic rings. The fourth-order valence-corrected chi connectivity index (χ4v) is 3.59. The Morgan fingerprint density at radius 1 is 1.08 bits per heavy atom. The van der Waals surface area contributed by atoms with Crippen molar-refractivity contribution in [3.8, 4) is 0 Å². The summed E-state index contributed by atoms with van der Waals surface area (Å²) in [4.78, 5) is 11.2. The molecule has 1 N–H and O–H groups in total. The molecule has 0 aromatic carbocycles. The van der Waals surface area contributed by atoms with Crippen LogP contribution in [0.5, 0.6) is 0 Å². The maximum Gasteiger partial charge on any atom is 0.312 e. The van der Waals surface area contributed by atoms with Gasteiger partial charge < -0.3 is 5.11 Å². The van der Waals surface area contributed by atoms with Crippen LogP contribution in [0.2, 0.25) is 0 Å². The van der Waals surface area contributed by atoms with Crippen LogP contribution in [0, 0.1) is 22.7 Å². The topological polar surface area (TPSA) is 37.3 Å². The zero-order valence-electron chi connectivity index (χ0n) is 15.7. The number of hydrogen-bond acceptors (Lipinski definition) is 1. The van der Waals surface area contributed by atoms with Gasteiger partial charge in [-0.3, -0.25) is 4.79 Å². The first kappa shape index (κ1) is 22.2. The maximum atomic E-state index is 15.7. The Morgan fingerprint density at radius 2 is 1.56 bits per heavy atom. The van der Waals surface area contributed by atoms with Crippen LogP contribution < -0.4 is 0 Å². The van der Waals surface area contributed by atoms with Gasteiger partial charge in [0.1, 0.15) is 5.92 Å². The second-order valence-electron chi connectivity index (χ2n) is 8.69. The Balaban J connectivity index is 3.57. The summed E-state index contributed by atoms with van der Waals surface area (Å²) in [6.45, 7) is 8.59. The van der Waals surface area contributed by atoms with Gasteiger partial charge in [-0.2, -0.15) is 0 Å². The highest BCUT2D eigenvalue weighted by Crippen LogP contribution is 2.66. The Kier molecular flexibility index (Phi) is 5.65. The van der Waals surface area contributed by atoms with Crippen LogP contribution in [0.3, 0.4) is 0 Å². The van der Waals surface area contributed by atoms with E-state index < -0.39 is 52.6 Å². The van der Waals surface area contributed by atoms with Crippen molar-refractivity contribution in [2.24, 2.45) is 22.7 Å². The van der Waals surface area contributed by atoms with Crippen LogP contribution in [-0.2, 0) is 4.79 Å². The summed E-state index contributed by atoms with van der Waals surface area (Å²) in [5.41, 5.74) is -6.89. The normalized spacial score (nSPS) is 30.5. The van der Waals surface area contributed by atoms with Crippen molar-refractivity contribution in [1.29, 1.82) is 0 Å². The lowest BCUT2D eigenvalue weighted by Crippen LogP contribution is -2.64. The molecule has 0 aliphatic heterocycles. The molecule has 7 heteroatoms. The smallest absolute Gasteiger partial charge is 0.312 e. The highest BCUT2D eigenvalue weighted by Gasteiger charge is 2.82. The lowest BCUT2D eigenvalue weighted by molar-refractivity contribution is -0.294. The van der Waals surface area contributed by atoms with E-state index in [-0.39, 0.29) is 12.8 Å². The lowest BCUT2D eigenvalue weighted by atomic mass is 9.66. The summed E-state index contributed by atoms with van der Waals surface area (Å²) in [6, 6.07) is 0. The van der Waals surface area contributed by atoms with Crippen molar-refractivity contribution >= 4 is 5.97 Å². The van der Waals surface area contributed by atoms with E-state index in [4.69, 9.17) is 5.11 Å². The fourth-order valence-electron chi connectivity index (χ4n) is 3.59. The molecule has 0 spiro atoms. The molecule has 0 radical (unpaired) electrons. The Morgan fingerprint density at radius 3 is 1.92 bits per heavy atom. The number of carbonyl (C=O) groups is 1. The molecule has 25 heavy (non-hydrogen) atoms. The van der Waals surface area contributed by atoms with E-state index in [2.05, 4.69) is 0 Å². The number of alkyl halides is 5. The largest absolute Gasteiger partial charge is 0.481 e. The summed E-state index contributed by atoms with van der Waals surface area (Å²) in [7, 11) is 0. The first-order valence-corrected chi connectivity index (χ1v) is 8.69. The third-order valence-corrected chi connectivity index (χ3v) is 6.25. The van der Waals surface area contributed by atoms with Crippen molar-refractivity contribution in [3.63, 3.8) is 0 Å². The minimum absolute atomic E-state index is 0.219. The standard InChI is InChI=1S/C18H29F5O2/c1-7-14(3,4)10-11-9-12(13(24)25)17(20,21)16(11,19)18(22,23)15(5,6)8-2/h11-12H,7-10H2,1-6H3,(H,24,25). The average molecular weight is 372 g/mol. The predicted octanol–water partition coefficient (Wildman–Crippen LogP) is 5.95. The van der Waals surface area contributed by atoms with Gasteiger partial charge in [0.05, 0.1) is 0 Å². The number of aliphatic carboxylic acids is 1. The summed E-state index contributed by atoms with van der Waals surface area (Å²) in [5, 5.41) is 9.09. The second kappa shape index (κ2) is 6.38. The van der Waals surface area contributed by atoms with Crippen molar-refractivity contribution in [3.05, 3.63) is 0 Å². The molecule has 0 bridgehead atoms. The predicted molar refractivity (Wildman–Crippen MR) is 85.7 cm³/mol. The first-order chi connectivity index (χ1) is 11.0. The highest BCUT2D eigenvalue weighted by molar-refractivity contribution is 5.72. The number of hydrogen-bond donors (Lipinski definition) is 1. The molecular weight excluding hydrogens is 343 g/mol. The van der Waals surface area contributed by atoms with Crippen LogP contribution in [0.15, 0.2) is 0 Å². The lowest BCUT2D eigenvalue weighted by Gasteiger charge is -2.47. The van der Waals surface area contributed by atoms with Crippen molar-refractivity contribution < 1.29 is 31.9 Å². The Hall–Kier alpha value is -0.880. The van der Waals surface area contributed by atoms with Crippen molar-refractivity contribution in [2.75, 3.05) is 0 Å². The molecule has 1 fully saturated rings. The van der Waals surface area contributed by atoms with Crippen molar-refractivity contribution in [2.45, 2.75) is 84.7 Å². The molecule has 148 valence electrons. The zero-order chi connectivity index (χ0) is 20.1. The molecule has 3 atom stereocenters. The van der Waals surface area contributed by atoms with E-state index in [1.165, 1.54) is 6.92 Å². The minimum atomic E-state index is -4.65. The van der Waals surface area contributed by atoms with E-state index in [0.29, 0.717) is 6.42 Å². The monoisotopic (exact) mass is 372 g/mol. The quantitative estimate of drug-likeness (QED) is 0.561. The molecule has 0 heterocycles. The third kappa shape index (κ3) is 3.16. The minimum Gasteiger partial charge on any atom is -0.481 e. The molecule has 3 unspecified atom stereocenters. The first-order valence-electron chi connectivity index (χ1n) is 8.69. The number of rotatable bonds is 7. The van der Waals surface area contributed by atoms with Gasteiger partial charge in [-0.25, -0.2) is 22.0 Å². The summed E-state index contributed by atoms with van der Waals surface area (Å²) in [5.74, 6) is -15.2. The molecule has 1 rings (SSSR count). The molecule has 1 aliphatic carbocycles. The van der Waals surface area contributed by atoms with E-state index in [1.807, 2.05) is 0 Å². The van der Waals surface area contributed by atoms with Crippen molar-refractivity contribution in [1.82, 2.24) is 0 Å². The van der Waals surface area contributed by atoms with E-state index in [1.54, 1.807) is 20.8 Å². The van der Waals surface area contributed by atoms with E-state index in [0.717, 1.165) is 13.8 Å². The average Bonchev–Trinajstić information content (AvgIpc) is 2.68. The Labute approximate surface area is 146 Å². The number of carboxylic acid groups (broad SMARTS) is 1. The third-order valence-electron chi connectivity index (χ3n) is 6.25. The zero-order valence-corrected chi connectivity index (χ0v) is 15.7. The van der Waals surface area contributed by atoms with Gasteiger partial charge in [-0.1, -0.05) is 48.0 Å². The molecule has 0 amide bonds. The van der Waals surface area contributed by atoms with Crippen LogP contribution in [0.25, 0.3) is 0 Å². The van der Waals surface area contributed by atoms with Gasteiger partial charge in [0.15, 0.2) is 0 Å². The summed E-state index contributed by atoms with van der Waals surface area (Å²) >= 11 is 0. The SMILES string of the molecule is CCC(C)(C)CC1CC(C(=O)O)C(F)(F)C1(F)C(F)(F)C(C)(C)CC. The van der Waals surface area contributed by atoms with Crippen LogP contribution in [0.4, 0.5) is 22.0 Å². The molecule has 0 aromatic heterocycles. The van der Waals surface area contributed by atoms with Gasteiger partial charge >= 0.3 is 11.9 Å². The highest BCUT2D eigenvalue weighted by atomic mass is 19.3. The second-order valence-corrected chi connectivity index (χ2v) is 8.69. The van der Waals surface area contributed by atoms with Crippen LogP contribution in [0.1, 0.15) is 67.2 Å². The number of halogens is 5. The molecule has 1 aliphatic rings. The van der Waals surface area contributed by atoms with Crippen LogP contribution >= 0.6 is 0 Å². The molecular formula is C18H29F5O2. The van der Waals surface area contributed by atoms with Crippen LogP contribution in [-0.4, -0.2) is 28.6 Å². The van der Waals surface area contributed by atoms with Gasteiger partial charge in [0.2, 0.25) is 5.67 Å². The van der Waals surface area contributed by atoms with Gasteiger partial charge in [-0.15, -0.1) is 0 Å². The van der Waals surface area contributed by atoms with Gasteiger partial charge in [0, 0.05) is 11.3 Å². The van der Waals surface area contributed by atoms with Gasteiger partial charge in [-0.05, 0) is 24.7 Å². The molecule has 2 nitrogen and oxygen atoms in total. The van der Waals surface area contributed by atoms with E-state index >= 15 is 13.2 Å². The summed E-state index contributed by atoms with van der Waals surface area (Å²) < 4.78 is 75.5. The maximum absolute atomic E-state index is 15.7.